The summed E-state index contributed by atoms with van der Waals surface area (Å²) in [4.78, 5) is 46.6. The minimum atomic E-state index is -1.10. The van der Waals surface area contributed by atoms with Crippen LogP contribution in [0.4, 0.5) is 17.1 Å². The lowest BCUT2D eigenvalue weighted by Gasteiger charge is -2.07. The molecule has 2 N–H and O–H groups in total. The number of carbonyl (C=O) groups excluding carboxylic acids is 3. The third-order valence-corrected chi connectivity index (χ3v) is 3.84. The highest BCUT2D eigenvalue weighted by Gasteiger charge is 2.25. The molecule has 1 heterocycles. The van der Waals surface area contributed by atoms with E-state index in [4.69, 9.17) is 4.42 Å². The number of para-hydroxylation sites is 1. The molecule has 0 atom stereocenters. The molecule has 0 bridgehead atoms. The number of rotatable bonds is 5. The minimum Gasteiger partial charge on any atom is -0.459 e. The number of ether oxygens (including phenoxy) is 1. The molecule has 0 radical (unpaired) electrons. The molecule has 2 amide bonds. The highest BCUT2D eigenvalue weighted by molar-refractivity contribution is 6.38. The van der Waals surface area contributed by atoms with E-state index in [1.165, 1.54) is 24.3 Å². The number of hydrogen-bond acceptors (Lipinski definition) is 7. The first kappa shape index (κ1) is 19.5. The van der Waals surface area contributed by atoms with E-state index in [0.717, 1.165) is 0 Å². The molecule has 148 valence electrons. The molecule has 0 aliphatic carbocycles. The summed E-state index contributed by atoms with van der Waals surface area (Å²) in [5.41, 5.74) is 0.483. The highest BCUT2D eigenvalue weighted by atomic mass is 16.6. The Balaban J connectivity index is 1.91. The second-order valence-corrected chi connectivity index (χ2v) is 5.74. The summed E-state index contributed by atoms with van der Waals surface area (Å²) in [5.74, 6) is -3.10. The Kier molecular flexibility index (Phi) is 5.54. The predicted octanol–water partition coefficient (Wildman–Crippen LogP) is 3.09. The van der Waals surface area contributed by atoms with Crippen LogP contribution in [0.2, 0.25) is 0 Å². The molecule has 0 saturated carbocycles. The van der Waals surface area contributed by atoms with Crippen molar-refractivity contribution in [1.29, 1.82) is 0 Å². The second-order valence-electron chi connectivity index (χ2n) is 5.74. The van der Waals surface area contributed by atoms with Crippen molar-refractivity contribution in [3.8, 4) is 0 Å². The molecule has 0 fully saturated rings. The standard InChI is InChI=1S/C19H15N3O7/c1-2-28-19(25)18(24)21-15-13-5-3-4-6-14(13)29-16(15)17(23)20-11-7-9-12(10-8-11)22(26)27/h3-10H,2H2,1H3,(H,20,23)(H,21,24). The van der Waals surface area contributed by atoms with Crippen LogP contribution >= 0.6 is 0 Å². The minimum absolute atomic E-state index is 0.0121. The van der Waals surface area contributed by atoms with Crippen LogP contribution in [0.25, 0.3) is 11.0 Å². The summed E-state index contributed by atoms with van der Waals surface area (Å²) < 4.78 is 10.2. The van der Waals surface area contributed by atoms with Crippen LogP contribution in [0.3, 0.4) is 0 Å². The number of anilines is 2. The quantitative estimate of drug-likeness (QED) is 0.292. The number of furan rings is 1. The van der Waals surface area contributed by atoms with E-state index in [1.54, 1.807) is 31.2 Å². The van der Waals surface area contributed by atoms with Gasteiger partial charge < -0.3 is 19.8 Å². The van der Waals surface area contributed by atoms with Crippen molar-refractivity contribution in [3.63, 3.8) is 0 Å². The summed E-state index contributed by atoms with van der Waals surface area (Å²) in [6.45, 7) is 1.58. The van der Waals surface area contributed by atoms with Crippen LogP contribution in [0.1, 0.15) is 17.5 Å². The van der Waals surface area contributed by atoms with Crippen molar-refractivity contribution >= 4 is 45.8 Å². The van der Waals surface area contributed by atoms with E-state index in [1.807, 2.05) is 0 Å². The van der Waals surface area contributed by atoms with Gasteiger partial charge in [0.1, 0.15) is 11.3 Å². The van der Waals surface area contributed by atoms with Crippen LogP contribution in [0, 0.1) is 10.1 Å². The number of nitrogens with one attached hydrogen (secondary N) is 2. The number of non-ortho nitro benzene ring substituents is 1. The molecule has 29 heavy (non-hydrogen) atoms. The van der Waals surface area contributed by atoms with E-state index in [9.17, 15) is 24.5 Å². The van der Waals surface area contributed by atoms with Gasteiger partial charge in [0.15, 0.2) is 0 Å². The summed E-state index contributed by atoms with van der Waals surface area (Å²) >= 11 is 0. The van der Waals surface area contributed by atoms with Crippen molar-refractivity contribution in [2.24, 2.45) is 0 Å². The fourth-order valence-corrected chi connectivity index (χ4v) is 2.55. The van der Waals surface area contributed by atoms with Gasteiger partial charge in [-0.3, -0.25) is 19.7 Å². The maximum atomic E-state index is 12.7. The normalized spacial score (nSPS) is 10.4. The number of nitrogens with zero attached hydrogens (tertiary/aromatic N) is 1. The maximum Gasteiger partial charge on any atom is 0.397 e. The van der Waals surface area contributed by atoms with Gasteiger partial charge in [-0.15, -0.1) is 0 Å². The molecule has 10 heteroatoms. The van der Waals surface area contributed by atoms with Gasteiger partial charge in [0.2, 0.25) is 5.76 Å². The Labute approximate surface area is 163 Å². The fourth-order valence-electron chi connectivity index (χ4n) is 2.55. The zero-order valence-corrected chi connectivity index (χ0v) is 15.1. The van der Waals surface area contributed by atoms with Crippen LogP contribution in [-0.2, 0) is 14.3 Å². The summed E-state index contributed by atoms with van der Waals surface area (Å²) in [7, 11) is 0. The molecule has 0 unspecified atom stereocenters. The zero-order chi connectivity index (χ0) is 21.0. The maximum absolute atomic E-state index is 12.7. The Morgan fingerprint density at radius 1 is 1.07 bits per heavy atom. The van der Waals surface area contributed by atoms with E-state index >= 15 is 0 Å². The van der Waals surface area contributed by atoms with Crippen molar-refractivity contribution in [1.82, 2.24) is 0 Å². The third-order valence-electron chi connectivity index (χ3n) is 3.84. The summed E-state index contributed by atoms with van der Waals surface area (Å²) in [6.07, 6.45) is 0. The lowest BCUT2D eigenvalue weighted by atomic mass is 10.2. The number of hydrogen-bond donors (Lipinski definition) is 2. The number of esters is 1. The van der Waals surface area contributed by atoms with Crippen LogP contribution < -0.4 is 10.6 Å². The first-order valence-corrected chi connectivity index (χ1v) is 8.46. The second kappa shape index (κ2) is 8.21. The molecule has 3 rings (SSSR count). The molecule has 3 aromatic rings. The third kappa shape index (κ3) is 4.21. The number of nitro benzene ring substituents is 1. The highest BCUT2D eigenvalue weighted by Crippen LogP contribution is 2.31. The smallest absolute Gasteiger partial charge is 0.397 e. The molecule has 0 spiro atoms. The van der Waals surface area contributed by atoms with E-state index in [-0.39, 0.29) is 29.4 Å². The van der Waals surface area contributed by atoms with Gasteiger partial charge in [-0.25, -0.2) is 4.79 Å². The van der Waals surface area contributed by atoms with Gasteiger partial charge in [0.05, 0.1) is 11.5 Å². The monoisotopic (exact) mass is 397 g/mol. The Hall–Kier alpha value is -4.21. The number of carbonyl (C=O) groups is 3. The lowest BCUT2D eigenvalue weighted by molar-refractivity contribution is -0.384. The lowest BCUT2D eigenvalue weighted by Crippen LogP contribution is -2.26. The largest absolute Gasteiger partial charge is 0.459 e. The van der Waals surface area contributed by atoms with E-state index in [2.05, 4.69) is 15.4 Å². The first-order chi connectivity index (χ1) is 13.9. The van der Waals surface area contributed by atoms with E-state index < -0.39 is 22.7 Å². The van der Waals surface area contributed by atoms with Crippen LogP contribution in [0.5, 0.6) is 0 Å². The number of benzene rings is 2. The molecule has 0 saturated heterocycles. The fraction of sp³-hybridized carbons (Fsp3) is 0.105. The first-order valence-electron chi connectivity index (χ1n) is 8.46. The molecule has 0 aliphatic heterocycles. The Bertz CT molecular complexity index is 1100. The average Bonchev–Trinajstić information content (AvgIpc) is 3.07. The van der Waals surface area contributed by atoms with Crippen molar-refractivity contribution in [2.75, 3.05) is 17.2 Å². The van der Waals surface area contributed by atoms with Crippen LogP contribution in [-0.4, -0.2) is 29.3 Å². The van der Waals surface area contributed by atoms with Crippen molar-refractivity contribution < 1.29 is 28.5 Å². The molecule has 10 nitrogen and oxygen atoms in total. The van der Waals surface area contributed by atoms with Crippen LogP contribution in [0.15, 0.2) is 52.9 Å². The van der Waals surface area contributed by atoms with Crippen molar-refractivity contribution in [2.45, 2.75) is 6.92 Å². The number of nitro groups is 1. The zero-order valence-electron chi connectivity index (χ0n) is 15.1. The van der Waals surface area contributed by atoms with Gasteiger partial charge in [0, 0.05) is 23.2 Å². The number of amides is 2. The molecule has 0 aliphatic rings. The predicted molar refractivity (Wildman–Crippen MR) is 103 cm³/mol. The molecular formula is C19H15N3O7. The van der Waals surface area contributed by atoms with Gasteiger partial charge >= 0.3 is 11.9 Å². The molecule has 2 aromatic carbocycles. The SMILES string of the molecule is CCOC(=O)C(=O)Nc1c(C(=O)Nc2ccc([N+](=O)[O-])cc2)oc2ccccc12. The summed E-state index contributed by atoms with van der Waals surface area (Å²) in [5, 5.41) is 16.0. The summed E-state index contributed by atoms with van der Waals surface area (Å²) in [6, 6.07) is 11.7. The van der Waals surface area contributed by atoms with Gasteiger partial charge in [-0.1, -0.05) is 12.1 Å². The average molecular weight is 397 g/mol. The molecular weight excluding hydrogens is 382 g/mol. The Morgan fingerprint density at radius 2 is 1.76 bits per heavy atom. The van der Waals surface area contributed by atoms with Gasteiger partial charge in [-0.2, -0.15) is 0 Å². The molecule has 1 aromatic heterocycles. The van der Waals surface area contributed by atoms with E-state index in [0.29, 0.717) is 11.0 Å². The van der Waals surface area contributed by atoms with Crippen molar-refractivity contribution in [3.05, 3.63) is 64.4 Å². The number of fused-ring (bicyclic) bond motifs is 1. The van der Waals surface area contributed by atoms with Gasteiger partial charge in [0.25, 0.3) is 11.6 Å². The van der Waals surface area contributed by atoms with Gasteiger partial charge in [-0.05, 0) is 31.2 Å². The topological polar surface area (TPSA) is 141 Å². The Morgan fingerprint density at radius 3 is 2.41 bits per heavy atom.